The lowest BCUT2D eigenvalue weighted by molar-refractivity contribution is 0.319. The summed E-state index contributed by atoms with van der Waals surface area (Å²) in [6, 6.07) is 18.8. The fourth-order valence-corrected chi connectivity index (χ4v) is 4.82. The maximum atomic E-state index is 4.53. The van der Waals surface area contributed by atoms with E-state index in [1.54, 1.807) is 11.8 Å². The lowest BCUT2D eigenvalue weighted by Gasteiger charge is -2.16. The summed E-state index contributed by atoms with van der Waals surface area (Å²) in [5.74, 6) is 1.88. The van der Waals surface area contributed by atoms with E-state index in [0.717, 1.165) is 46.5 Å². The molecule has 6 heteroatoms. The van der Waals surface area contributed by atoms with E-state index in [2.05, 4.69) is 78.1 Å². The summed E-state index contributed by atoms with van der Waals surface area (Å²) < 4.78 is 3.34. The molecule has 0 spiro atoms. The number of aromatic nitrogens is 3. The number of halogens is 1. The first-order chi connectivity index (χ1) is 12.8. The molecule has 1 aliphatic rings. The SMILES string of the molecule is Brc1ccccc1CSc1nnc(CN2CCCC2)n1-c1ccccc1. The predicted octanol–water partition coefficient (Wildman–Crippen LogP) is 4.92. The second kappa shape index (κ2) is 8.37. The van der Waals surface area contributed by atoms with Gasteiger partial charge >= 0.3 is 0 Å². The zero-order valence-electron chi connectivity index (χ0n) is 14.5. The Labute approximate surface area is 166 Å². The zero-order chi connectivity index (χ0) is 17.8. The van der Waals surface area contributed by atoms with E-state index in [1.807, 2.05) is 12.1 Å². The zero-order valence-corrected chi connectivity index (χ0v) is 16.9. The van der Waals surface area contributed by atoms with Crippen LogP contribution in [0.1, 0.15) is 24.2 Å². The van der Waals surface area contributed by atoms with Crippen LogP contribution in [0.25, 0.3) is 5.69 Å². The third kappa shape index (κ3) is 4.03. The minimum absolute atomic E-state index is 0.857. The third-order valence-electron chi connectivity index (χ3n) is 4.59. The molecule has 0 bridgehead atoms. The highest BCUT2D eigenvalue weighted by atomic mass is 79.9. The van der Waals surface area contributed by atoms with Gasteiger partial charge in [0.1, 0.15) is 0 Å². The van der Waals surface area contributed by atoms with E-state index in [0.29, 0.717) is 0 Å². The minimum Gasteiger partial charge on any atom is -0.296 e. The van der Waals surface area contributed by atoms with E-state index < -0.39 is 0 Å². The van der Waals surface area contributed by atoms with Crippen LogP contribution in [0.3, 0.4) is 0 Å². The number of likely N-dealkylation sites (tertiary alicyclic amines) is 1. The number of para-hydroxylation sites is 1. The Hall–Kier alpha value is -1.63. The van der Waals surface area contributed by atoms with Crippen molar-refractivity contribution in [2.24, 2.45) is 0 Å². The molecule has 0 aliphatic carbocycles. The molecule has 0 unspecified atom stereocenters. The highest BCUT2D eigenvalue weighted by Crippen LogP contribution is 2.28. The summed E-state index contributed by atoms with van der Waals surface area (Å²) in [5.41, 5.74) is 2.39. The van der Waals surface area contributed by atoms with Gasteiger partial charge in [-0.1, -0.05) is 64.1 Å². The van der Waals surface area contributed by atoms with Crippen molar-refractivity contribution >= 4 is 27.7 Å². The minimum atomic E-state index is 0.857. The number of hydrogen-bond acceptors (Lipinski definition) is 4. The molecule has 26 heavy (non-hydrogen) atoms. The number of benzene rings is 2. The largest absolute Gasteiger partial charge is 0.296 e. The van der Waals surface area contributed by atoms with Gasteiger partial charge in [0, 0.05) is 15.9 Å². The Morgan fingerprint density at radius 2 is 1.65 bits per heavy atom. The number of nitrogens with zero attached hydrogens (tertiary/aromatic N) is 4. The number of hydrogen-bond donors (Lipinski definition) is 0. The molecular weight excluding hydrogens is 408 g/mol. The molecule has 0 saturated carbocycles. The van der Waals surface area contributed by atoms with E-state index in [1.165, 1.54) is 18.4 Å². The maximum Gasteiger partial charge on any atom is 0.196 e. The number of thioether (sulfide) groups is 1. The Balaban J connectivity index is 1.61. The Morgan fingerprint density at radius 1 is 0.923 bits per heavy atom. The quantitative estimate of drug-likeness (QED) is 0.521. The molecule has 1 saturated heterocycles. The van der Waals surface area contributed by atoms with Crippen molar-refractivity contribution in [1.29, 1.82) is 0 Å². The van der Waals surface area contributed by atoms with Crippen LogP contribution in [0.2, 0.25) is 0 Å². The average molecular weight is 429 g/mol. The van der Waals surface area contributed by atoms with Crippen LogP contribution in [0.4, 0.5) is 0 Å². The molecule has 4 nitrogen and oxygen atoms in total. The van der Waals surface area contributed by atoms with E-state index in [9.17, 15) is 0 Å². The smallest absolute Gasteiger partial charge is 0.196 e. The average Bonchev–Trinajstić information content (AvgIpc) is 3.32. The molecule has 4 rings (SSSR count). The van der Waals surface area contributed by atoms with Crippen LogP contribution >= 0.6 is 27.7 Å². The molecule has 2 aromatic carbocycles. The van der Waals surface area contributed by atoms with Gasteiger partial charge in [-0.2, -0.15) is 0 Å². The topological polar surface area (TPSA) is 34.0 Å². The van der Waals surface area contributed by atoms with Crippen LogP contribution in [-0.4, -0.2) is 32.8 Å². The molecular formula is C20H21BrN4S. The second-order valence-corrected chi connectivity index (χ2v) is 8.23. The summed E-state index contributed by atoms with van der Waals surface area (Å²) >= 11 is 5.36. The van der Waals surface area contributed by atoms with Crippen molar-refractivity contribution in [3.05, 3.63) is 70.5 Å². The van der Waals surface area contributed by atoms with Crippen LogP contribution in [0.5, 0.6) is 0 Å². The van der Waals surface area contributed by atoms with Crippen molar-refractivity contribution in [3.8, 4) is 5.69 Å². The summed E-state index contributed by atoms with van der Waals surface area (Å²) in [5, 5.41) is 9.99. The monoisotopic (exact) mass is 428 g/mol. The number of rotatable bonds is 6. The van der Waals surface area contributed by atoms with Gasteiger partial charge in [-0.05, 0) is 49.7 Å². The van der Waals surface area contributed by atoms with Gasteiger partial charge in [0.25, 0.3) is 0 Å². The van der Waals surface area contributed by atoms with Crippen molar-refractivity contribution in [2.45, 2.75) is 30.3 Å². The van der Waals surface area contributed by atoms with E-state index in [-0.39, 0.29) is 0 Å². The van der Waals surface area contributed by atoms with Crippen molar-refractivity contribution < 1.29 is 0 Å². The van der Waals surface area contributed by atoms with Crippen molar-refractivity contribution in [1.82, 2.24) is 19.7 Å². The van der Waals surface area contributed by atoms with Gasteiger partial charge in [-0.25, -0.2) is 0 Å². The summed E-state index contributed by atoms with van der Waals surface area (Å²) in [7, 11) is 0. The molecule has 1 aliphatic heterocycles. The van der Waals surface area contributed by atoms with E-state index in [4.69, 9.17) is 0 Å². The fourth-order valence-electron chi connectivity index (χ4n) is 3.23. The summed E-state index contributed by atoms with van der Waals surface area (Å²) in [6.45, 7) is 3.17. The summed E-state index contributed by atoms with van der Waals surface area (Å²) in [6.07, 6.45) is 2.56. The molecule has 0 N–H and O–H groups in total. The first-order valence-corrected chi connectivity index (χ1v) is 10.7. The Kier molecular flexibility index (Phi) is 5.72. The molecule has 1 fully saturated rings. The van der Waals surface area contributed by atoms with Gasteiger partial charge in [-0.3, -0.25) is 9.47 Å². The van der Waals surface area contributed by atoms with Crippen molar-refractivity contribution in [2.75, 3.05) is 13.1 Å². The first kappa shape index (κ1) is 17.8. The van der Waals surface area contributed by atoms with Crippen LogP contribution in [0, 0.1) is 0 Å². The molecule has 0 atom stereocenters. The van der Waals surface area contributed by atoms with Gasteiger partial charge < -0.3 is 0 Å². The van der Waals surface area contributed by atoms with Gasteiger partial charge in [0.15, 0.2) is 11.0 Å². The van der Waals surface area contributed by atoms with Gasteiger partial charge in [0.2, 0.25) is 0 Å². The van der Waals surface area contributed by atoms with Gasteiger partial charge in [-0.15, -0.1) is 10.2 Å². The van der Waals surface area contributed by atoms with Crippen LogP contribution in [0.15, 0.2) is 64.2 Å². The molecule has 3 aromatic rings. The van der Waals surface area contributed by atoms with Crippen LogP contribution < -0.4 is 0 Å². The summed E-state index contributed by atoms with van der Waals surface area (Å²) in [4.78, 5) is 2.46. The molecule has 0 amide bonds. The predicted molar refractivity (Wildman–Crippen MR) is 110 cm³/mol. The second-order valence-electron chi connectivity index (χ2n) is 6.43. The fraction of sp³-hybridized carbons (Fsp3) is 0.300. The normalized spacial score (nSPS) is 14.8. The highest BCUT2D eigenvalue weighted by Gasteiger charge is 2.19. The Bertz CT molecular complexity index is 859. The Morgan fingerprint density at radius 3 is 2.42 bits per heavy atom. The molecule has 1 aromatic heterocycles. The molecule has 0 radical (unpaired) electrons. The molecule has 134 valence electrons. The lowest BCUT2D eigenvalue weighted by atomic mass is 10.2. The standard InChI is InChI=1S/C20H21BrN4S/c21-18-11-5-4-8-16(18)15-26-20-23-22-19(14-24-12-6-7-13-24)25(20)17-9-2-1-3-10-17/h1-5,8-11H,6-7,12-15H2. The third-order valence-corrected chi connectivity index (χ3v) is 6.34. The lowest BCUT2D eigenvalue weighted by Crippen LogP contribution is -2.21. The van der Waals surface area contributed by atoms with Crippen LogP contribution in [-0.2, 0) is 12.3 Å². The van der Waals surface area contributed by atoms with Crippen molar-refractivity contribution in [3.63, 3.8) is 0 Å². The maximum absolute atomic E-state index is 4.53. The van der Waals surface area contributed by atoms with Gasteiger partial charge in [0.05, 0.1) is 6.54 Å². The molecule has 2 heterocycles. The highest BCUT2D eigenvalue weighted by molar-refractivity contribution is 9.10. The van der Waals surface area contributed by atoms with E-state index >= 15 is 0 Å². The first-order valence-electron chi connectivity index (χ1n) is 8.89.